The van der Waals surface area contributed by atoms with Crippen LogP contribution in [-0.2, 0) is 0 Å². The lowest BCUT2D eigenvalue weighted by molar-refractivity contribution is 0.171. The third-order valence-corrected chi connectivity index (χ3v) is 3.68. The molecule has 4 N–H and O–H groups in total. The maximum atomic E-state index is 13.6. The molecular formula is C16H14F2N4O2S2. The van der Waals surface area contributed by atoms with Gasteiger partial charge in [0.2, 0.25) is 0 Å². The highest BCUT2D eigenvalue weighted by Gasteiger charge is 2.12. The topological polar surface area (TPSA) is 66.6 Å². The van der Waals surface area contributed by atoms with Crippen LogP contribution in [0.15, 0.2) is 36.4 Å². The molecule has 0 aromatic heterocycles. The number of fused-ring (bicyclic) bond motifs is 1. The van der Waals surface area contributed by atoms with E-state index in [1.54, 1.807) is 18.2 Å². The number of rotatable bonds is 2. The first kappa shape index (κ1) is 18.1. The Labute approximate surface area is 158 Å². The summed E-state index contributed by atoms with van der Waals surface area (Å²) in [6.07, 6.45) is 0. The van der Waals surface area contributed by atoms with Gasteiger partial charge in [-0.2, -0.15) is 0 Å². The summed E-state index contributed by atoms with van der Waals surface area (Å²) < 4.78 is 37.4. The molecule has 26 heavy (non-hydrogen) atoms. The van der Waals surface area contributed by atoms with Crippen molar-refractivity contribution < 1.29 is 18.3 Å². The van der Waals surface area contributed by atoms with Crippen LogP contribution in [0.2, 0.25) is 0 Å². The molecule has 2 aromatic rings. The Balaban J connectivity index is 1.50. The van der Waals surface area contributed by atoms with Crippen molar-refractivity contribution in [1.29, 1.82) is 0 Å². The standard InChI is InChI=1S/C16H14F2N4O2S2/c17-9-1-3-12(11(18)7-9)20-16(26)22-21-15(25)19-10-2-4-13-14(8-10)24-6-5-23-13/h1-4,7-8H,5-6H2,(H2,19,21,25)(H2,20,22,26). The van der Waals surface area contributed by atoms with E-state index in [4.69, 9.17) is 33.9 Å². The van der Waals surface area contributed by atoms with Crippen LogP contribution in [0.5, 0.6) is 11.5 Å². The van der Waals surface area contributed by atoms with Crippen LogP contribution in [0.3, 0.4) is 0 Å². The smallest absolute Gasteiger partial charge is 0.189 e. The molecule has 0 aliphatic carbocycles. The second-order valence-corrected chi connectivity index (χ2v) is 5.96. The van der Waals surface area contributed by atoms with E-state index in [1.165, 1.54) is 6.07 Å². The molecular weight excluding hydrogens is 382 g/mol. The number of halogens is 2. The van der Waals surface area contributed by atoms with E-state index in [-0.39, 0.29) is 15.9 Å². The van der Waals surface area contributed by atoms with E-state index >= 15 is 0 Å². The van der Waals surface area contributed by atoms with E-state index in [9.17, 15) is 8.78 Å². The molecule has 0 saturated heterocycles. The first-order valence-corrected chi connectivity index (χ1v) is 8.31. The Bertz CT molecular complexity index is 851. The highest BCUT2D eigenvalue weighted by Crippen LogP contribution is 2.32. The first-order chi connectivity index (χ1) is 12.5. The molecule has 0 saturated carbocycles. The number of benzene rings is 2. The van der Waals surface area contributed by atoms with E-state index in [1.807, 2.05) is 0 Å². The summed E-state index contributed by atoms with van der Waals surface area (Å²) in [5.41, 5.74) is 6.00. The molecule has 0 radical (unpaired) electrons. The molecule has 2 aromatic carbocycles. The second kappa shape index (κ2) is 8.11. The summed E-state index contributed by atoms with van der Waals surface area (Å²) in [5, 5.41) is 5.82. The predicted octanol–water partition coefficient (Wildman–Crippen LogP) is 2.92. The molecule has 0 atom stereocenters. The van der Waals surface area contributed by atoms with Crippen molar-refractivity contribution >= 4 is 46.0 Å². The van der Waals surface area contributed by atoms with Crippen molar-refractivity contribution in [3.8, 4) is 11.5 Å². The van der Waals surface area contributed by atoms with Gasteiger partial charge in [0.05, 0.1) is 5.69 Å². The predicted molar refractivity (Wildman–Crippen MR) is 103 cm³/mol. The number of hydrogen-bond acceptors (Lipinski definition) is 4. The number of thiocarbonyl (C=S) groups is 2. The summed E-state index contributed by atoms with van der Waals surface area (Å²) in [6, 6.07) is 8.43. The van der Waals surface area contributed by atoms with Gasteiger partial charge >= 0.3 is 0 Å². The highest BCUT2D eigenvalue weighted by atomic mass is 32.1. The van der Waals surface area contributed by atoms with Gasteiger partial charge in [-0.15, -0.1) is 0 Å². The molecule has 3 rings (SSSR count). The van der Waals surface area contributed by atoms with Gasteiger partial charge in [-0.05, 0) is 48.7 Å². The minimum atomic E-state index is -0.758. The molecule has 1 heterocycles. The molecule has 10 heteroatoms. The molecule has 6 nitrogen and oxygen atoms in total. The summed E-state index contributed by atoms with van der Waals surface area (Å²) >= 11 is 10.2. The Morgan fingerprint density at radius 2 is 1.54 bits per heavy atom. The fourth-order valence-electron chi connectivity index (χ4n) is 2.14. The highest BCUT2D eigenvalue weighted by molar-refractivity contribution is 7.81. The van der Waals surface area contributed by atoms with E-state index < -0.39 is 11.6 Å². The Kier molecular flexibility index (Phi) is 5.64. The second-order valence-electron chi connectivity index (χ2n) is 5.14. The summed E-state index contributed by atoms with van der Waals surface area (Å²) in [6.45, 7) is 1.00. The number of hydrazine groups is 1. The van der Waals surface area contributed by atoms with Gasteiger partial charge in [-0.25, -0.2) is 8.78 Å². The lowest BCUT2D eigenvalue weighted by atomic mass is 10.2. The zero-order valence-electron chi connectivity index (χ0n) is 13.3. The Morgan fingerprint density at radius 1 is 0.846 bits per heavy atom. The van der Waals surface area contributed by atoms with E-state index in [0.717, 1.165) is 12.1 Å². The molecule has 0 fully saturated rings. The third kappa shape index (κ3) is 4.67. The third-order valence-electron chi connectivity index (χ3n) is 3.27. The SMILES string of the molecule is Fc1ccc(NC(=S)NNC(=S)Nc2ccc3c(c2)OCCO3)c(F)c1. The lowest BCUT2D eigenvalue weighted by Crippen LogP contribution is -2.45. The first-order valence-electron chi connectivity index (χ1n) is 7.50. The van der Waals surface area contributed by atoms with Gasteiger partial charge in [-0.3, -0.25) is 10.9 Å². The Hall–Kier alpha value is -2.72. The zero-order valence-corrected chi connectivity index (χ0v) is 14.9. The van der Waals surface area contributed by atoms with Crippen LogP contribution >= 0.6 is 24.4 Å². The van der Waals surface area contributed by atoms with Crippen molar-refractivity contribution in [3.63, 3.8) is 0 Å². The van der Waals surface area contributed by atoms with Crippen LogP contribution in [0.4, 0.5) is 20.2 Å². The van der Waals surface area contributed by atoms with Crippen molar-refractivity contribution in [2.45, 2.75) is 0 Å². The maximum absolute atomic E-state index is 13.6. The van der Waals surface area contributed by atoms with E-state index in [2.05, 4.69) is 21.5 Å². The average Bonchev–Trinajstić information content (AvgIpc) is 2.62. The van der Waals surface area contributed by atoms with Gasteiger partial charge in [-0.1, -0.05) is 0 Å². The molecule has 0 bridgehead atoms. The molecule has 136 valence electrons. The number of hydrogen-bond donors (Lipinski definition) is 4. The molecule has 1 aliphatic rings. The number of anilines is 2. The molecule has 0 amide bonds. The van der Waals surface area contributed by atoms with Crippen molar-refractivity contribution in [2.24, 2.45) is 0 Å². The summed E-state index contributed by atoms with van der Waals surface area (Å²) in [5.74, 6) is -0.132. The van der Waals surface area contributed by atoms with Gasteiger partial charge in [0, 0.05) is 17.8 Å². The Morgan fingerprint density at radius 3 is 2.27 bits per heavy atom. The van der Waals surface area contributed by atoms with Gasteiger partial charge < -0.3 is 20.1 Å². The summed E-state index contributed by atoms with van der Waals surface area (Å²) in [7, 11) is 0. The molecule has 1 aliphatic heterocycles. The fourth-order valence-corrected chi connectivity index (χ4v) is 2.47. The minimum Gasteiger partial charge on any atom is -0.486 e. The van der Waals surface area contributed by atoms with E-state index in [0.29, 0.717) is 30.4 Å². The van der Waals surface area contributed by atoms with Crippen LogP contribution < -0.4 is 31.0 Å². The fraction of sp³-hybridized carbons (Fsp3) is 0.125. The normalized spacial score (nSPS) is 12.1. The van der Waals surface area contributed by atoms with Crippen LogP contribution in [0.1, 0.15) is 0 Å². The maximum Gasteiger partial charge on any atom is 0.189 e. The van der Waals surface area contributed by atoms with Crippen LogP contribution in [0.25, 0.3) is 0 Å². The lowest BCUT2D eigenvalue weighted by Gasteiger charge is -2.19. The molecule has 0 unspecified atom stereocenters. The average molecular weight is 396 g/mol. The van der Waals surface area contributed by atoms with Crippen molar-refractivity contribution in [1.82, 2.24) is 10.9 Å². The van der Waals surface area contributed by atoms with Crippen LogP contribution in [-0.4, -0.2) is 23.4 Å². The van der Waals surface area contributed by atoms with Crippen molar-refractivity contribution in [2.75, 3.05) is 23.8 Å². The van der Waals surface area contributed by atoms with Gasteiger partial charge in [0.25, 0.3) is 0 Å². The largest absolute Gasteiger partial charge is 0.486 e. The zero-order chi connectivity index (χ0) is 18.5. The van der Waals surface area contributed by atoms with Crippen LogP contribution in [0, 0.1) is 11.6 Å². The molecule has 0 spiro atoms. The minimum absolute atomic E-state index is 0.0383. The van der Waals surface area contributed by atoms with Gasteiger partial charge in [0.1, 0.15) is 24.8 Å². The monoisotopic (exact) mass is 396 g/mol. The van der Waals surface area contributed by atoms with Crippen molar-refractivity contribution in [3.05, 3.63) is 48.0 Å². The quantitative estimate of drug-likeness (QED) is 0.457. The van der Waals surface area contributed by atoms with Gasteiger partial charge in [0.15, 0.2) is 21.7 Å². The number of ether oxygens (including phenoxy) is 2. The number of nitrogens with one attached hydrogen (secondary N) is 4. The summed E-state index contributed by atoms with van der Waals surface area (Å²) in [4.78, 5) is 0.